The van der Waals surface area contributed by atoms with Crippen LogP contribution in [0.15, 0.2) is 133 Å². The van der Waals surface area contributed by atoms with Gasteiger partial charge >= 0.3 is 0 Å². The Kier molecular flexibility index (Phi) is 7.68. The maximum absolute atomic E-state index is 10.2. The Morgan fingerprint density at radius 2 is 1.50 bits per heavy atom. The van der Waals surface area contributed by atoms with Crippen molar-refractivity contribution in [3.63, 3.8) is 0 Å². The van der Waals surface area contributed by atoms with E-state index in [9.17, 15) is 10.5 Å². The van der Waals surface area contributed by atoms with Crippen molar-refractivity contribution in [3.8, 4) is 30.2 Å². The van der Waals surface area contributed by atoms with E-state index in [0.29, 0.717) is 12.0 Å². The average molecular weight is 643 g/mol. The number of hydrogen-bond acceptors (Lipinski definition) is 2. The van der Waals surface area contributed by atoms with Crippen LogP contribution in [0.3, 0.4) is 0 Å². The first-order chi connectivity index (χ1) is 24.5. The van der Waals surface area contributed by atoms with Crippen molar-refractivity contribution in [3.05, 3.63) is 155 Å². The molecule has 2 atom stereocenters. The van der Waals surface area contributed by atoms with Crippen LogP contribution in [-0.4, -0.2) is 9.13 Å². The van der Waals surface area contributed by atoms with Crippen LogP contribution in [0.2, 0.25) is 0 Å². The molecule has 0 N–H and O–H groups in total. The van der Waals surface area contributed by atoms with E-state index in [4.69, 9.17) is 6.42 Å². The predicted molar refractivity (Wildman–Crippen MR) is 206 cm³/mol. The van der Waals surface area contributed by atoms with Gasteiger partial charge in [0.05, 0.1) is 51.6 Å². The molecule has 2 aromatic heterocycles. The van der Waals surface area contributed by atoms with E-state index in [1.807, 2.05) is 18.2 Å². The summed E-state index contributed by atoms with van der Waals surface area (Å²) in [5.74, 6) is 2.67. The lowest BCUT2D eigenvalue weighted by molar-refractivity contribution is 0.709. The molecule has 4 nitrogen and oxygen atoms in total. The Morgan fingerprint density at radius 3 is 2.22 bits per heavy atom. The highest BCUT2D eigenvalue weighted by atomic mass is 15.0. The Labute approximate surface area is 292 Å². The first kappa shape index (κ1) is 30.8. The van der Waals surface area contributed by atoms with E-state index in [2.05, 4.69) is 144 Å². The summed E-state index contributed by atoms with van der Waals surface area (Å²) in [6.45, 7) is 4.31. The highest BCUT2D eigenvalue weighted by molar-refractivity contribution is 6.10. The Balaban J connectivity index is 1.32. The van der Waals surface area contributed by atoms with Crippen LogP contribution in [0.25, 0.3) is 55.7 Å². The standard InChI is InChI=1S/C46H34N4/c1-4-5-17-41-31(3)46-33(29-48)13-12-21-45(46)49(41)35-25-30(2)24-34(27-35)36-23-22-32(28-47)26-40(36)39-16-8-11-20-44(39)50-42-18-9-6-14-37(42)38-15-7-10-19-43(38)50/h1,5-21,23,25-27,30,32H,22,24H2,2-3H3/b17-5-. The minimum atomic E-state index is -0.225. The highest BCUT2D eigenvalue weighted by Gasteiger charge is 2.27. The molecule has 50 heavy (non-hydrogen) atoms. The molecule has 0 amide bonds. The number of aromatic nitrogens is 2. The molecule has 0 fully saturated rings. The molecule has 2 heterocycles. The van der Waals surface area contributed by atoms with Crippen LogP contribution in [0.5, 0.6) is 0 Å². The zero-order chi connectivity index (χ0) is 34.4. The van der Waals surface area contributed by atoms with Crippen LogP contribution in [-0.2, 0) is 0 Å². The first-order valence-corrected chi connectivity index (χ1v) is 17.0. The van der Waals surface area contributed by atoms with E-state index in [0.717, 1.165) is 67.7 Å². The number of nitrogens with zero attached hydrogens (tertiary/aromatic N) is 4. The second kappa shape index (κ2) is 12.5. The van der Waals surface area contributed by atoms with Crippen LogP contribution in [0.4, 0.5) is 0 Å². The number of benzene rings is 4. The zero-order valence-corrected chi connectivity index (χ0v) is 28.1. The SMILES string of the molecule is C#C/C=C\c1c(C)c2c(C#N)cccc2n1C1=CC(C)CC(C2=CCC(C#N)C=C2c2ccccc2-n2c3ccccc3c3ccccc32)=C1. The summed E-state index contributed by atoms with van der Waals surface area (Å²) in [4.78, 5) is 0. The molecule has 4 heteroatoms. The molecular weight excluding hydrogens is 609 g/mol. The van der Waals surface area contributed by atoms with Gasteiger partial charge in [0.25, 0.3) is 0 Å². The highest BCUT2D eigenvalue weighted by Crippen LogP contribution is 2.44. The number of nitriles is 2. The van der Waals surface area contributed by atoms with Crippen molar-refractivity contribution in [2.45, 2.75) is 26.7 Å². The van der Waals surface area contributed by atoms with Crippen LogP contribution in [0, 0.1) is 53.8 Å². The van der Waals surface area contributed by atoms with Crippen molar-refractivity contribution >= 4 is 50.1 Å². The normalized spacial score (nSPS) is 17.6. The molecule has 2 aliphatic carbocycles. The van der Waals surface area contributed by atoms with Gasteiger partial charge in [-0.15, -0.1) is 6.42 Å². The fourth-order valence-electron chi connectivity index (χ4n) is 7.97. The zero-order valence-electron chi connectivity index (χ0n) is 28.1. The second-order valence-corrected chi connectivity index (χ2v) is 13.2. The molecule has 6 aromatic rings. The first-order valence-electron chi connectivity index (χ1n) is 17.0. The monoisotopic (exact) mass is 642 g/mol. The van der Waals surface area contributed by atoms with Gasteiger partial charge in [-0.2, -0.15) is 10.5 Å². The van der Waals surface area contributed by atoms with Gasteiger partial charge in [-0.05, 0) is 96.5 Å². The van der Waals surface area contributed by atoms with E-state index in [1.54, 1.807) is 6.08 Å². The van der Waals surface area contributed by atoms with E-state index in [1.165, 1.54) is 16.3 Å². The largest absolute Gasteiger partial charge is 0.310 e. The third kappa shape index (κ3) is 4.92. The van der Waals surface area contributed by atoms with Gasteiger partial charge in [-0.3, -0.25) is 0 Å². The van der Waals surface area contributed by atoms with E-state index < -0.39 is 0 Å². The Morgan fingerprint density at radius 1 is 0.800 bits per heavy atom. The molecule has 238 valence electrons. The predicted octanol–water partition coefficient (Wildman–Crippen LogP) is 10.9. The summed E-state index contributed by atoms with van der Waals surface area (Å²) in [5.41, 5.74) is 12.6. The summed E-state index contributed by atoms with van der Waals surface area (Å²) in [5, 5.41) is 23.5. The smallest absolute Gasteiger partial charge is 0.0998 e. The Hall–Kier alpha value is -6.54. The molecule has 2 aliphatic rings. The molecule has 4 aromatic carbocycles. The number of rotatable bonds is 5. The van der Waals surface area contributed by atoms with Gasteiger partial charge in [-0.25, -0.2) is 0 Å². The number of hydrogen-bond donors (Lipinski definition) is 0. The molecule has 0 bridgehead atoms. The fraction of sp³-hybridized carbons (Fsp3) is 0.130. The number of allylic oxidation sites excluding steroid dienone is 9. The lowest BCUT2D eigenvalue weighted by atomic mass is 9.79. The minimum absolute atomic E-state index is 0.225. The van der Waals surface area contributed by atoms with E-state index >= 15 is 0 Å². The summed E-state index contributed by atoms with van der Waals surface area (Å²) in [7, 11) is 0. The number of aryl methyl sites for hydroxylation is 1. The van der Waals surface area contributed by atoms with Gasteiger partial charge in [0, 0.05) is 27.4 Å². The number of para-hydroxylation sites is 3. The van der Waals surface area contributed by atoms with Gasteiger partial charge in [0.1, 0.15) is 0 Å². The molecule has 0 saturated heterocycles. The molecule has 2 unspecified atom stereocenters. The summed E-state index contributed by atoms with van der Waals surface area (Å²) < 4.78 is 4.61. The molecule has 0 radical (unpaired) electrons. The lowest BCUT2D eigenvalue weighted by Gasteiger charge is -2.28. The van der Waals surface area contributed by atoms with E-state index in [-0.39, 0.29) is 11.8 Å². The average Bonchev–Trinajstić information content (AvgIpc) is 3.64. The molecule has 0 saturated carbocycles. The van der Waals surface area contributed by atoms with Crippen LogP contribution in [0.1, 0.15) is 42.1 Å². The lowest BCUT2D eigenvalue weighted by Crippen LogP contribution is -2.12. The van der Waals surface area contributed by atoms with Crippen LogP contribution >= 0.6 is 0 Å². The molecule has 0 aliphatic heterocycles. The number of terminal acetylenes is 1. The molecule has 0 spiro atoms. The van der Waals surface area contributed by atoms with Gasteiger partial charge < -0.3 is 9.13 Å². The summed E-state index contributed by atoms with van der Waals surface area (Å²) >= 11 is 0. The van der Waals surface area contributed by atoms with Crippen molar-refractivity contribution in [2.75, 3.05) is 0 Å². The summed E-state index contributed by atoms with van der Waals surface area (Å²) in [6.07, 6.45) is 19.9. The summed E-state index contributed by atoms with van der Waals surface area (Å²) in [6, 6.07) is 36.5. The number of fused-ring (bicyclic) bond motifs is 4. The Bertz CT molecular complexity index is 2610. The van der Waals surface area contributed by atoms with Crippen molar-refractivity contribution < 1.29 is 0 Å². The third-order valence-corrected chi connectivity index (χ3v) is 10.1. The third-order valence-electron chi connectivity index (χ3n) is 10.1. The molecule has 8 rings (SSSR count). The minimum Gasteiger partial charge on any atom is -0.310 e. The van der Waals surface area contributed by atoms with Gasteiger partial charge in [0.15, 0.2) is 0 Å². The van der Waals surface area contributed by atoms with Crippen molar-refractivity contribution in [1.82, 2.24) is 9.13 Å². The van der Waals surface area contributed by atoms with Crippen molar-refractivity contribution in [1.29, 1.82) is 10.5 Å². The maximum Gasteiger partial charge on any atom is 0.0998 e. The van der Waals surface area contributed by atoms with Crippen LogP contribution < -0.4 is 0 Å². The quantitative estimate of drug-likeness (QED) is 0.176. The van der Waals surface area contributed by atoms with Crippen molar-refractivity contribution in [2.24, 2.45) is 11.8 Å². The topological polar surface area (TPSA) is 57.4 Å². The second-order valence-electron chi connectivity index (χ2n) is 13.2. The fourth-order valence-corrected chi connectivity index (χ4v) is 7.97. The molecular formula is C46H34N4. The maximum atomic E-state index is 10.2. The van der Waals surface area contributed by atoms with Gasteiger partial charge in [0.2, 0.25) is 0 Å². The van der Waals surface area contributed by atoms with Gasteiger partial charge in [-0.1, -0.05) is 91.7 Å².